The first-order valence-electron chi connectivity index (χ1n) is 9.38. The van der Waals surface area contributed by atoms with Gasteiger partial charge in [-0.25, -0.2) is 0 Å². The summed E-state index contributed by atoms with van der Waals surface area (Å²) in [6, 6.07) is 12.4. The number of anilines is 1. The number of hydrogen-bond acceptors (Lipinski definition) is 6. The molecule has 0 radical (unpaired) electrons. The molecular weight excluding hydrogens is 372 g/mol. The van der Waals surface area contributed by atoms with Crippen molar-refractivity contribution in [2.24, 2.45) is 0 Å². The van der Waals surface area contributed by atoms with Gasteiger partial charge in [-0.05, 0) is 32.0 Å². The van der Waals surface area contributed by atoms with Gasteiger partial charge in [0.25, 0.3) is 11.8 Å². The molecule has 1 aliphatic heterocycles. The number of likely N-dealkylation sites (N-methyl/N-ethyl adjacent to an activating group) is 1. The first-order chi connectivity index (χ1) is 14.0. The van der Waals surface area contributed by atoms with Gasteiger partial charge in [-0.15, -0.1) is 0 Å². The Morgan fingerprint density at radius 3 is 2.28 bits per heavy atom. The second kappa shape index (κ2) is 8.68. The molecule has 0 unspecified atom stereocenters. The van der Waals surface area contributed by atoms with E-state index < -0.39 is 11.8 Å². The Kier molecular flexibility index (Phi) is 6.07. The SMILES string of the molecule is CCOc1ccc(NC2=C(c3ccccc3OC)C(=O)N(C)C2=O)cc1OCC. The zero-order chi connectivity index (χ0) is 21.0. The topological polar surface area (TPSA) is 77.1 Å². The van der Waals surface area contributed by atoms with Gasteiger partial charge < -0.3 is 19.5 Å². The number of rotatable bonds is 8. The standard InChI is InChI=1S/C22H24N2O5/c1-5-28-17-12-11-14(13-18(17)29-6-2)23-20-19(21(25)24(3)22(20)26)15-9-7-8-10-16(15)27-4/h7-13,23H,5-6H2,1-4H3. The minimum absolute atomic E-state index is 0.189. The van der Waals surface area contributed by atoms with Gasteiger partial charge in [0.2, 0.25) is 0 Å². The average molecular weight is 396 g/mol. The molecule has 3 rings (SSSR count). The molecule has 0 aliphatic carbocycles. The van der Waals surface area contributed by atoms with Crippen LogP contribution in [0.25, 0.3) is 5.57 Å². The first kappa shape index (κ1) is 20.3. The van der Waals surface area contributed by atoms with Crippen molar-refractivity contribution in [2.45, 2.75) is 13.8 Å². The predicted octanol–water partition coefficient (Wildman–Crippen LogP) is 3.31. The van der Waals surface area contributed by atoms with E-state index in [2.05, 4.69) is 5.32 Å². The highest BCUT2D eigenvalue weighted by Crippen LogP contribution is 2.36. The summed E-state index contributed by atoms with van der Waals surface area (Å²) >= 11 is 0. The summed E-state index contributed by atoms with van der Waals surface area (Å²) in [6.07, 6.45) is 0. The van der Waals surface area contributed by atoms with Crippen LogP contribution < -0.4 is 19.5 Å². The molecule has 7 nitrogen and oxygen atoms in total. The van der Waals surface area contributed by atoms with Crippen molar-refractivity contribution in [3.05, 3.63) is 53.7 Å². The molecule has 1 aliphatic rings. The van der Waals surface area contributed by atoms with Gasteiger partial charge in [-0.3, -0.25) is 14.5 Å². The maximum absolute atomic E-state index is 12.8. The van der Waals surface area contributed by atoms with E-state index in [-0.39, 0.29) is 11.3 Å². The molecule has 2 aromatic carbocycles. The highest BCUT2D eigenvalue weighted by molar-refractivity contribution is 6.36. The van der Waals surface area contributed by atoms with Crippen LogP contribution in [0, 0.1) is 0 Å². The molecule has 0 aromatic heterocycles. The largest absolute Gasteiger partial charge is 0.496 e. The van der Waals surface area contributed by atoms with Crippen LogP contribution in [0.1, 0.15) is 19.4 Å². The highest BCUT2D eigenvalue weighted by atomic mass is 16.5. The molecule has 0 spiro atoms. The minimum Gasteiger partial charge on any atom is -0.496 e. The maximum Gasteiger partial charge on any atom is 0.277 e. The van der Waals surface area contributed by atoms with Gasteiger partial charge in [-0.1, -0.05) is 18.2 Å². The second-order valence-electron chi connectivity index (χ2n) is 6.27. The highest BCUT2D eigenvalue weighted by Gasteiger charge is 2.38. The van der Waals surface area contributed by atoms with E-state index in [9.17, 15) is 9.59 Å². The van der Waals surface area contributed by atoms with E-state index >= 15 is 0 Å². The average Bonchev–Trinajstić information content (AvgIpc) is 2.94. The lowest BCUT2D eigenvalue weighted by Crippen LogP contribution is -2.27. The summed E-state index contributed by atoms with van der Waals surface area (Å²) in [5.41, 5.74) is 1.61. The number of carbonyl (C=O) groups excluding carboxylic acids is 2. The Balaban J connectivity index is 2.07. The van der Waals surface area contributed by atoms with E-state index in [0.717, 1.165) is 4.90 Å². The van der Waals surface area contributed by atoms with Crippen molar-refractivity contribution >= 4 is 23.1 Å². The lowest BCUT2D eigenvalue weighted by Gasteiger charge is -2.14. The summed E-state index contributed by atoms with van der Waals surface area (Å²) in [4.78, 5) is 26.7. The van der Waals surface area contributed by atoms with Crippen LogP contribution in [-0.4, -0.2) is 44.1 Å². The fourth-order valence-electron chi connectivity index (χ4n) is 3.13. The van der Waals surface area contributed by atoms with Gasteiger partial charge in [0.1, 0.15) is 11.4 Å². The van der Waals surface area contributed by atoms with Crippen LogP contribution in [0.5, 0.6) is 17.2 Å². The number of ether oxygens (including phenoxy) is 3. The number of nitrogens with one attached hydrogen (secondary N) is 1. The van der Waals surface area contributed by atoms with Crippen LogP contribution in [0.15, 0.2) is 48.2 Å². The van der Waals surface area contributed by atoms with Crippen LogP contribution in [0.2, 0.25) is 0 Å². The Morgan fingerprint density at radius 2 is 1.59 bits per heavy atom. The Morgan fingerprint density at radius 1 is 0.897 bits per heavy atom. The molecule has 0 saturated heterocycles. The van der Waals surface area contributed by atoms with Gasteiger partial charge in [0.05, 0.1) is 25.9 Å². The molecule has 1 heterocycles. The lowest BCUT2D eigenvalue weighted by atomic mass is 10.0. The normalized spacial score (nSPS) is 13.7. The Bertz CT molecular complexity index is 967. The maximum atomic E-state index is 12.8. The molecule has 7 heteroatoms. The van der Waals surface area contributed by atoms with Gasteiger partial charge in [-0.2, -0.15) is 0 Å². The summed E-state index contributed by atoms with van der Waals surface area (Å²) in [7, 11) is 2.98. The number of nitrogens with zero attached hydrogens (tertiary/aromatic N) is 1. The number of imide groups is 1. The quantitative estimate of drug-likeness (QED) is 0.690. The van der Waals surface area contributed by atoms with E-state index in [4.69, 9.17) is 14.2 Å². The molecule has 0 saturated carbocycles. The Labute approximate surface area is 169 Å². The zero-order valence-electron chi connectivity index (χ0n) is 16.9. The van der Waals surface area contributed by atoms with Gasteiger partial charge in [0, 0.05) is 24.4 Å². The second-order valence-corrected chi connectivity index (χ2v) is 6.27. The molecule has 29 heavy (non-hydrogen) atoms. The third kappa shape index (κ3) is 3.89. The predicted molar refractivity (Wildman–Crippen MR) is 110 cm³/mol. The van der Waals surface area contributed by atoms with Crippen molar-refractivity contribution in [1.82, 2.24) is 4.90 Å². The van der Waals surface area contributed by atoms with Crippen molar-refractivity contribution < 1.29 is 23.8 Å². The summed E-state index contributed by atoms with van der Waals surface area (Å²) in [5, 5.41) is 3.10. The molecule has 2 aromatic rings. The number of methoxy groups -OCH3 is 1. The monoisotopic (exact) mass is 396 g/mol. The number of hydrogen-bond donors (Lipinski definition) is 1. The summed E-state index contributed by atoms with van der Waals surface area (Å²) in [5.74, 6) is 0.884. The fourth-order valence-corrected chi connectivity index (χ4v) is 3.13. The van der Waals surface area contributed by atoms with E-state index in [1.165, 1.54) is 14.2 Å². The number of benzene rings is 2. The smallest absolute Gasteiger partial charge is 0.277 e. The number of amides is 2. The molecule has 0 atom stereocenters. The number of carbonyl (C=O) groups is 2. The van der Waals surface area contributed by atoms with Crippen molar-refractivity contribution in [3.8, 4) is 17.2 Å². The number of para-hydroxylation sites is 1. The van der Waals surface area contributed by atoms with Crippen LogP contribution in [0.3, 0.4) is 0 Å². The van der Waals surface area contributed by atoms with E-state index in [1.807, 2.05) is 19.9 Å². The third-order valence-electron chi connectivity index (χ3n) is 4.48. The van der Waals surface area contributed by atoms with Crippen molar-refractivity contribution in [1.29, 1.82) is 0 Å². The van der Waals surface area contributed by atoms with Gasteiger partial charge >= 0.3 is 0 Å². The molecule has 152 valence electrons. The van der Waals surface area contributed by atoms with Gasteiger partial charge in [0.15, 0.2) is 11.5 Å². The van der Waals surface area contributed by atoms with Crippen LogP contribution in [0.4, 0.5) is 5.69 Å². The molecule has 2 amide bonds. The van der Waals surface area contributed by atoms with E-state index in [0.29, 0.717) is 41.7 Å². The summed E-state index contributed by atoms with van der Waals surface area (Å²) in [6.45, 7) is 4.75. The molecule has 1 N–H and O–H groups in total. The van der Waals surface area contributed by atoms with Crippen molar-refractivity contribution in [2.75, 3.05) is 32.7 Å². The van der Waals surface area contributed by atoms with Crippen molar-refractivity contribution in [3.63, 3.8) is 0 Å². The molecule has 0 fully saturated rings. The third-order valence-corrected chi connectivity index (χ3v) is 4.48. The molecule has 0 bridgehead atoms. The Hall–Kier alpha value is -3.48. The first-order valence-corrected chi connectivity index (χ1v) is 9.38. The van der Waals surface area contributed by atoms with Crippen LogP contribution in [-0.2, 0) is 9.59 Å². The molecular formula is C22H24N2O5. The zero-order valence-corrected chi connectivity index (χ0v) is 16.9. The fraction of sp³-hybridized carbons (Fsp3) is 0.273. The van der Waals surface area contributed by atoms with Crippen LogP contribution >= 0.6 is 0 Å². The lowest BCUT2D eigenvalue weighted by molar-refractivity contribution is -0.135. The van der Waals surface area contributed by atoms with E-state index in [1.54, 1.807) is 36.4 Å². The summed E-state index contributed by atoms with van der Waals surface area (Å²) < 4.78 is 16.6. The minimum atomic E-state index is -0.414.